The van der Waals surface area contributed by atoms with Gasteiger partial charge in [0.05, 0.1) is 16.5 Å². The first-order valence-corrected chi connectivity index (χ1v) is 9.39. The quantitative estimate of drug-likeness (QED) is 0.190. The number of nitrogens with zero attached hydrogens (tertiary/aromatic N) is 2. The molecule has 28 heavy (non-hydrogen) atoms. The molecule has 1 saturated heterocycles. The van der Waals surface area contributed by atoms with Crippen molar-refractivity contribution in [3.63, 3.8) is 0 Å². The topological polar surface area (TPSA) is 110 Å². The molecule has 146 valence electrons. The largest absolute Gasteiger partial charge is 0.507 e. The van der Waals surface area contributed by atoms with Crippen LogP contribution >= 0.6 is 11.3 Å². The van der Waals surface area contributed by atoms with Crippen LogP contribution in [0.1, 0.15) is 22.9 Å². The van der Waals surface area contributed by atoms with Gasteiger partial charge in [0, 0.05) is 42.8 Å². The van der Waals surface area contributed by atoms with E-state index in [1.807, 2.05) is 5.38 Å². The zero-order valence-corrected chi connectivity index (χ0v) is 15.8. The second-order valence-corrected chi connectivity index (χ2v) is 7.14. The molecular formula is C19H18N2O6S. The van der Waals surface area contributed by atoms with Gasteiger partial charge in [0.25, 0.3) is 17.4 Å². The molecule has 0 aliphatic carbocycles. The van der Waals surface area contributed by atoms with Gasteiger partial charge in [0.1, 0.15) is 5.76 Å². The molecule has 1 amide bonds. The third-order valence-corrected chi connectivity index (χ3v) is 5.36. The van der Waals surface area contributed by atoms with Gasteiger partial charge in [0.15, 0.2) is 0 Å². The van der Waals surface area contributed by atoms with E-state index >= 15 is 0 Å². The molecule has 3 rings (SSSR count). The number of amides is 1. The molecular weight excluding hydrogens is 384 g/mol. The number of hydrogen-bond donors (Lipinski definition) is 1. The molecule has 0 bridgehead atoms. The Morgan fingerprint density at radius 2 is 2.11 bits per heavy atom. The van der Waals surface area contributed by atoms with Crippen LogP contribution in [0.4, 0.5) is 5.69 Å². The summed E-state index contributed by atoms with van der Waals surface area (Å²) in [5, 5.41) is 23.7. The van der Waals surface area contributed by atoms with Gasteiger partial charge in [-0.1, -0.05) is 18.2 Å². The number of non-ortho nitro benzene ring substituents is 1. The number of hydrogen-bond acceptors (Lipinski definition) is 7. The van der Waals surface area contributed by atoms with Crippen molar-refractivity contribution in [1.29, 1.82) is 0 Å². The minimum absolute atomic E-state index is 0.0645. The van der Waals surface area contributed by atoms with Crippen LogP contribution in [-0.2, 0) is 14.3 Å². The van der Waals surface area contributed by atoms with Crippen molar-refractivity contribution in [2.24, 2.45) is 0 Å². The first kappa shape index (κ1) is 19.7. The number of carbonyl (C=O) groups excluding carboxylic acids is 2. The zero-order chi connectivity index (χ0) is 20.3. The molecule has 1 aromatic heterocycles. The zero-order valence-electron chi connectivity index (χ0n) is 15.0. The average molecular weight is 402 g/mol. The number of methoxy groups -OCH3 is 1. The Balaban J connectivity index is 2.09. The van der Waals surface area contributed by atoms with E-state index in [2.05, 4.69) is 0 Å². The van der Waals surface area contributed by atoms with E-state index in [4.69, 9.17) is 4.74 Å². The Morgan fingerprint density at radius 3 is 2.75 bits per heavy atom. The van der Waals surface area contributed by atoms with E-state index in [9.17, 15) is 24.8 Å². The predicted octanol–water partition coefficient (Wildman–Crippen LogP) is 3.11. The van der Waals surface area contributed by atoms with Crippen LogP contribution in [0.15, 0.2) is 47.4 Å². The molecule has 2 heterocycles. The molecule has 1 N–H and O–H groups in total. The summed E-state index contributed by atoms with van der Waals surface area (Å²) in [5.41, 5.74) is -0.165. The number of thiophene rings is 1. The van der Waals surface area contributed by atoms with E-state index in [-0.39, 0.29) is 23.4 Å². The van der Waals surface area contributed by atoms with Gasteiger partial charge < -0.3 is 14.7 Å². The highest BCUT2D eigenvalue weighted by Gasteiger charge is 2.46. The number of likely N-dealkylation sites (tertiary alicyclic amines) is 1. The van der Waals surface area contributed by atoms with Crippen LogP contribution in [0.25, 0.3) is 5.76 Å². The Kier molecular flexibility index (Phi) is 5.86. The minimum Gasteiger partial charge on any atom is -0.507 e. The second-order valence-electron chi connectivity index (χ2n) is 6.16. The lowest BCUT2D eigenvalue weighted by molar-refractivity contribution is -0.384. The van der Waals surface area contributed by atoms with Gasteiger partial charge in [-0.2, -0.15) is 0 Å². The number of aliphatic hydroxyl groups is 1. The molecule has 1 aliphatic heterocycles. The molecule has 1 fully saturated rings. The molecule has 1 aliphatic rings. The molecule has 9 heteroatoms. The number of ketones is 1. The standard InChI is InChI=1S/C19H18N2O6S/c1-27-9-4-8-20-16(14-7-3-10-28-14)15(18(23)19(20)24)17(22)12-5-2-6-13(11-12)21(25)26/h2-3,5-7,10-11,16,22H,4,8-9H2,1H3/b17-15-. The fourth-order valence-corrected chi connectivity index (χ4v) is 4.00. The van der Waals surface area contributed by atoms with Crippen molar-refractivity contribution >= 4 is 34.5 Å². The summed E-state index contributed by atoms with van der Waals surface area (Å²) in [7, 11) is 1.55. The highest BCUT2D eigenvalue weighted by atomic mass is 32.1. The van der Waals surface area contributed by atoms with Crippen LogP contribution in [0.2, 0.25) is 0 Å². The van der Waals surface area contributed by atoms with E-state index in [1.54, 1.807) is 19.2 Å². The molecule has 1 aromatic carbocycles. The van der Waals surface area contributed by atoms with Crippen LogP contribution in [-0.4, -0.2) is 46.9 Å². The number of aliphatic hydroxyl groups excluding tert-OH is 1. The lowest BCUT2D eigenvalue weighted by Gasteiger charge is -2.23. The van der Waals surface area contributed by atoms with Crippen LogP contribution in [0, 0.1) is 10.1 Å². The number of carbonyl (C=O) groups is 2. The van der Waals surface area contributed by atoms with E-state index < -0.39 is 28.4 Å². The fourth-order valence-electron chi connectivity index (χ4n) is 3.15. The third-order valence-electron chi connectivity index (χ3n) is 4.43. The lowest BCUT2D eigenvalue weighted by atomic mass is 9.99. The summed E-state index contributed by atoms with van der Waals surface area (Å²) >= 11 is 1.36. The maximum absolute atomic E-state index is 12.7. The minimum atomic E-state index is -0.806. The van der Waals surface area contributed by atoms with Crippen molar-refractivity contribution in [1.82, 2.24) is 4.90 Å². The average Bonchev–Trinajstić information content (AvgIpc) is 3.30. The normalized spacial score (nSPS) is 18.6. The Bertz CT molecular complexity index is 938. The summed E-state index contributed by atoms with van der Waals surface area (Å²) in [6, 6.07) is 8.19. The van der Waals surface area contributed by atoms with Crippen molar-refractivity contribution in [3.8, 4) is 0 Å². The van der Waals surface area contributed by atoms with Crippen LogP contribution in [0.5, 0.6) is 0 Å². The van der Waals surface area contributed by atoms with Crippen molar-refractivity contribution < 1.29 is 24.4 Å². The molecule has 0 radical (unpaired) electrons. The number of benzene rings is 1. The maximum Gasteiger partial charge on any atom is 0.295 e. The Labute approximate surface area is 164 Å². The second kappa shape index (κ2) is 8.32. The molecule has 0 spiro atoms. The third kappa shape index (κ3) is 3.67. The monoisotopic (exact) mass is 402 g/mol. The summed E-state index contributed by atoms with van der Waals surface area (Å²) in [6.07, 6.45) is 0.530. The van der Waals surface area contributed by atoms with Crippen LogP contribution < -0.4 is 0 Å². The summed E-state index contributed by atoms with van der Waals surface area (Å²) in [5.74, 6) is -1.93. The SMILES string of the molecule is COCCCN1C(=O)C(=O)/C(=C(\O)c2cccc([N+](=O)[O-])c2)C1c1cccs1. The highest BCUT2D eigenvalue weighted by molar-refractivity contribution is 7.10. The van der Waals surface area contributed by atoms with Gasteiger partial charge in [0.2, 0.25) is 0 Å². The summed E-state index contributed by atoms with van der Waals surface area (Å²) in [4.78, 5) is 37.9. The molecule has 1 atom stereocenters. The number of nitro groups is 1. The van der Waals surface area contributed by atoms with Crippen LogP contribution in [0.3, 0.4) is 0 Å². The number of ether oxygens (including phenoxy) is 1. The van der Waals surface area contributed by atoms with Crippen molar-refractivity contribution in [2.45, 2.75) is 12.5 Å². The number of Topliss-reactive ketones (excluding diaryl/α,β-unsaturated/α-hetero) is 1. The molecule has 1 unspecified atom stereocenters. The molecule has 0 saturated carbocycles. The highest BCUT2D eigenvalue weighted by Crippen LogP contribution is 2.41. The maximum atomic E-state index is 12.7. The van der Waals surface area contributed by atoms with Gasteiger partial charge in [-0.05, 0) is 17.9 Å². The molecule has 8 nitrogen and oxygen atoms in total. The lowest BCUT2D eigenvalue weighted by Crippen LogP contribution is -2.31. The van der Waals surface area contributed by atoms with Gasteiger partial charge in [-0.3, -0.25) is 19.7 Å². The first-order chi connectivity index (χ1) is 13.5. The summed E-state index contributed by atoms with van der Waals surface area (Å²) < 4.78 is 5.02. The van der Waals surface area contributed by atoms with Crippen molar-refractivity contribution in [3.05, 3.63) is 67.9 Å². The van der Waals surface area contributed by atoms with Gasteiger partial charge in [-0.15, -0.1) is 11.3 Å². The Hall–Kier alpha value is -3.04. The predicted molar refractivity (Wildman–Crippen MR) is 103 cm³/mol. The van der Waals surface area contributed by atoms with E-state index in [1.165, 1.54) is 40.5 Å². The molecule has 2 aromatic rings. The van der Waals surface area contributed by atoms with Gasteiger partial charge in [-0.25, -0.2) is 0 Å². The number of nitro benzene ring substituents is 1. The van der Waals surface area contributed by atoms with Gasteiger partial charge >= 0.3 is 0 Å². The van der Waals surface area contributed by atoms with Crippen molar-refractivity contribution in [2.75, 3.05) is 20.3 Å². The fraction of sp³-hybridized carbons (Fsp3) is 0.263. The van der Waals surface area contributed by atoms with E-state index in [0.717, 1.165) is 4.88 Å². The Morgan fingerprint density at radius 1 is 1.32 bits per heavy atom. The smallest absolute Gasteiger partial charge is 0.295 e. The first-order valence-electron chi connectivity index (χ1n) is 8.51. The summed E-state index contributed by atoms with van der Waals surface area (Å²) in [6.45, 7) is 0.706. The number of rotatable bonds is 7. The van der Waals surface area contributed by atoms with E-state index in [0.29, 0.717) is 13.0 Å².